The maximum atomic E-state index is 12.3. The van der Waals surface area contributed by atoms with Gasteiger partial charge in [0.1, 0.15) is 6.33 Å². The monoisotopic (exact) mass is 300 g/mol. The Labute approximate surface area is 130 Å². The summed E-state index contributed by atoms with van der Waals surface area (Å²) in [6.07, 6.45) is 3.18. The van der Waals surface area contributed by atoms with Crippen LogP contribution in [0.5, 0.6) is 0 Å². The molecule has 2 aromatic rings. The minimum Gasteiger partial charge on any atom is -0.461 e. The molecule has 0 radical (unpaired) electrons. The molecule has 0 saturated heterocycles. The van der Waals surface area contributed by atoms with Crippen LogP contribution in [0.15, 0.2) is 35.6 Å². The summed E-state index contributed by atoms with van der Waals surface area (Å²) in [5.41, 5.74) is 2.31. The number of aromatic nitrogens is 2. The minimum absolute atomic E-state index is 0.300. The molecule has 1 aromatic heterocycles. The third-order valence-corrected chi connectivity index (χ3v) is 2.94. The molecule has 0 spiro atoms. The summed E-state index contributed by atoms with van der Waals surface area (Å²) < 4.78 is 6.83. The third-order valence-electron chi connectivity index (χ3n) is 2.94. The number of nitrogens with zero attached hydrogens (tertiary/aromatic N) is 4. The fourth-order valence-electron chi connectivity index (χ4n) is 1.89. The summed E-state index contributed by atoms with van der Waals surface area (Å²) in [6.45, 7) is 4.08. The molecule has 116 valence electrons. The van der Waals surface area contributed by atoms with E-state index < -0.39 is 5.97 Å². The summed E-state index contributed by atoms with van der Waals surface area (Å²) >= 11 is 0. The van der Waals surface area contributed by atoms with Crippen LogP contribution in [0, 0.1) is 6.92 Å². The molecule has 22 heavy (non-hydrogen) atoms. The standard InChI is InChI=1S/C16H20N4O2/c1-5-22-16(21)14-15(17-10-19(3)4)18-11-20(14)13-8-6-12(2)7-9-13/h6-11H,5H2,1-4H3. The molecule has 0 fully saturated rings. The van der Waals surface area contributed by atoms with Crippen LogP contribution >= 0.6 is 0 Å². The SMILES string of the molecule is CCOC(=O)c1c(N=CN(C)C)ncn1-c1ccc(C)cc1. The zero-order valence-electron chi connectivity index (χ0n) is 13.3. The van der Waals surface area contributed by atoms with Gasteiger partial charge in [-0.15, -0.1) is 0 Å². The molecule has 0 aliphatic heterocycles. The summed E-state index contributed by atoms with van der Waals surface area (Å²) in [6, 6.07) is 7.82. The van der Waals surface area contributed by atoms with E-state index >= 15 is 0 Å². The van der Waals surface area contributed by atoms with Gasteiger partial charge in [0.15, 0.2) is 11.5 Å². The van der Waals surface area contributed by atoms with Gasteiger partial charge >= 0.3 is 5.97 Å². The Morgan fingerprint density at radius 2 is 2.05 bits per heavy atom. The number of carbonyl (C=O) groups is 1. The van der Waals surface area contributed by atoms with Crippen molar-refractivity contribution in [2.24, 2.45) is 4.99 Å². The Morgan fingerprint density at radius 1 is 1.36 bits per heavy atom. The summed E-state index contributed by atoms with van der Waals surface area (Å²) in [5, 5.41) is 0. The number of ether oxygens (including phenoxy) is 1. The summed E-state index contributed by atoms with van der Waals surface area (Å²) in [5.74, 6) is -0.0980. The lowest BCUT2D eigenvalue weighted by Gasteiger charge is -2.08. The number of esters is 1. The first-order chi connectivity index (χ1) is 10.5. The lowest BCUT2D eigenvalue weighted by molar-refractivity contribution is 0.0518. The van der Waals surface area contributed by atoms with Crippen LogP contribution in [-0.4, -0.2) is 47.5 Å². The average Bonchev–Trinajstić information content (AvgIpc) is 2.90. The number of hydrogen-bond acceptors (Lipinski definition) is 4. The first-order valence-electron chi connectivity index (χ1n) is 7.05. The molecule has 0 unspecified atom stereocenters. The largest absolute Gasteiger partial charge is 0.461 e. The van der Waals surface area contributed by atoms with Crippen LogP contribution in [0.1, 0.15) is 23.0 Å². The van der Waals surface area contributed by atoms with Gasteiger partial charge < -0.3 is 9.64 Å². The van der Waals surface area contributed by atoms with E-state index in [1.165, 1.54) is 0 Å². The van der Waals surface area contributed by atoms with Crippen LogP contribution in [-0.2, 0) is 4.74 Å². The highest BCUT2D eigenvalue weighted by molar-refractivity contribution is 5.93. The molecule has 1 aromatic carbocycles. The zero-order valence-corrected chi connectivity index (χ0v) is 13.3. The van der Waals surface area contributed by atoms with Crippen LogP contribution in [0.3, 0.4) is 0 Å². The lowest BCUT2D eigenvalue weighted by atomic mass is 10.2. The number of hydrogen-bond donors (Lipinski definition) is 0. The van der Waals surface area contributed by atoms with Crippen molar-refractivity contribution >= 4 is 18.1 Å². The lowest BCUT2D eigenvalue weighted by Crippen LogP contribution is -2.12. The quantitative estimate of drug-likeness (QED) is 0.484. The molecule has 2 rings (SSSR count). The molecule has 0 saturated carbocycles. The van der Waals surface area contributed by atoms with Crippen molar-refractivity contribution in [1.29, 1.82) is 0 Å². The van der Waals surface area contributed by atoms with Gasteiger partial charge in [-0.05, 0) is 26.0 Å². The Kier molecular flexibility index (Phi) is 4.93. The topological polar surface area (TPSA) is 59.7 Å². The van der Waals surface area contributed by atoms with Crippen LogP contribution in [0.4, 0.5) is 5.82 Å². The second-order valence-electron chi connectivity index (χ2n) is 5.05. The average molecular weight is 300 g/mol. The smallest absolute Gasteiger partial charge is 0.359 e. The van der Waals surface area contributed by atoms with Crippen LogP contribution in [0.25, 0.3) is 5.69 Å². The van der Waals surface area contributed by atoms with Crippen molar-refractivity contribution in [3.05, 3.63) is 41.9 Å². The van der Waals surface area contributed by atoms with Crippen molar-refractivity contribution in [3.8, 4) is 5.69 Å². The van der Waals surface area contributed by atoms with E-state index in [2.05, 4.69) is 9.98 Å². The highest BCUT2D eigenvalue weighted by atomic mass is 16.5. The molecule has 0 aliphatic carbocycles. The molecule has 0 amide bonds. The zero-order chi connectivity index (χ0) is 16.1. The third kappa shape index (κ3) is 3.52. The van der Waals surface area contributed by atoms with Gasteiger partial charge in [-0.3, -0.25) is 4.57 Å². The number of carbonyl (C=O) groups excluding carboxylic acids is 1. The molecule has 1 heterocycles. The van der Waals surface area contributed by atoms with Gasteiger partial charge in [0.25, 0.3) is 0 Å². The van der Waals surface area contributed by atoms with Gasteiger partial charge in [-0.1, -0.05) is 17.7 Å². The number of aryl methyl sites for hydroxylation is 1. The Bertz CT molecular complexity index is 672. The van der Waals surface area contributed by atoms with Gasteiger partial charge in [0.2, 0.25) is 0 Å². The predicted molar refractivity (Wildman–Crippen MR) is 86.1 cm³/mol. The van der Waals surface area contributed by atoms with E-state index in [0.717, 1.165) is 11.3 Å². The van der Waals surface area contributed by atoms with Crippen molar-refractivity contribution in [3.63, 3.8) is 0 Å². The first-order valence-corrected chi connectivity index (χ1v) is 7.05. The molecule has 0 atom stereocenters. The van der Waals surface area contributed by atoms with E-state index in [4.69, 9.17) is 4.74 Å². The van der Waals surface area contributed by atoms with Crippen LogP contribution in [0.2, 0.25) is 0 Å². The van der Waals surface area contributed by atoms with E-state index in [1.807, 2.05) is 45.3 Å². The van der Waals surface area contributed by atoms with E-state index in [0.29, 0.717) is 18.1 Å². The number of aliphatic imine (C=N–C) groups is 1. The molecule has 6 heteroatoms. The highest BCUT2D eigenvalue weighted by Gasteiger charge is 2.20. The molecular weight excluding hydrogens is 280 g/mol. The number of rotatable bonds is 5. The highest BCUT2D eigenvalue weighted by Crippen LogP contribution is 2.22. The van der Waals surface area contributed by atoms with Crippen molar-refractivity contribution in [2.75, 3.05) is 20.7 Å². The van der Waals surface area contributed by atoms with Gasteiger partial charge in [-0.25, -0.2) is 14.8 Å². The maximum absolute atomic E-state index is 12.3. The van der Waals surface area contributed by atoms with Crippen molar-refractivity contribution < 1.29 is 9.53 Å². The van der Waals surface area contributed by atoms with Gasteiger partial charge in [-0.2, -0.15) is 0 Å². The van der Waals surface area contributed by atoms with E-state index in [1.54, 1.807) is 29.1 Å². The fraction of sp³-hybridized carbons (Fsp3) is 0.312. The number of imidazole rings is 1. The molecular formula is C16H20N4O2. The Hall–Kier alpha value is -2.63. The minimum atomic E-state index is -0.438. The van der Waals surface area contributed by atoms with Gasteiger partial charge in [0.05, 0.1) is 12.9 Å². The maximum Gasteiger partial charge on any atom is 0.359 e. The second-order valence-corrected chi connectivity index (χ2v) is 5.05. The summed E-state index contributed by atoms with van der Waals surface area (Å²) in [4.78, 5) is 22.5. The molecule has 0 N–H and O–H groups in total. The number of benzene rings is 1. The van der Waals surface area contributed by atoms with Crippen molar-refractivity contribution in [1.82, 2.24) is 14.5 Å². The molecule has 0 bridgehead atoms. The van der Waals surface area contributed by atoms with E-state index in [9.17, 15) is 4.79 Å². The summed E-state index contributed by atoms with van der Waals surface area (Å²) in [7, 11) is 3.70. The van der Waals surface area contributed by atoms with Crippen molar-refractivity contribution in [2.45, 2.75) is 13.8 Å². The predicted octanol–water partition coefficient (Wildman–Crippen LogP) is 2.58. The normalized spacial score (nSPS) is 10.9. The molecule has 6 nitrogen and oxygen atoms in total. The fourth-order valence-corrected chi connectivity index (χ4v) is 1.89. The second kappa shape index (κ2) is 6.89. The first kappa shape index (κ1) is 15.8. The Balaban J connectivity index is 2.49. The van der Waals surface area contributed by atoms with Crippen LogP contribution < -0.4 is 0 Å². The van der Waals surface area contributed by atoms with E-state index in [-0.39, 0.29) is 0 Å². The molecule has 0 aliphatic rings. The Morgan fingerprint density at radius 3 is 2.64 bits per heavy atom. The van der Waals surface area contributed by atoms with Gasteiger partial charge in [0, 0.05) is 19.8 Å².